The molecular weight excluding hydrogens is 250 g/mol. The summed E-state index contributed by atoms with van der Waals surface area (Å²) in [5, 5.41) is 8.89. The van der Waals surface area contributed by atoms with Crippen LogP contribution in [0.5, 0.6) is 0 Å². The van der Waals surface area contributed by atoms with Gasteiger partial charge in [-0.25, -0.2) is 0 Å². The minimum atomic E-state index is 0. The van der Waals surface area contributed by atoms with E-state index in [9.17, 15) is 4.79 Å². The fourth-order valence-electron chi connectivity index (χ4n) is 1.80. The Balaban J connectivity index is -0.000000288. The summed E-state index contributed by atoms with van der Waals surface area (Å²) in [6.45, 7) is 10.2. The zero-order valence-corrected chi connectivity index (χ0v) is 13.8. The Morgan fingerprint density at radius 2 is 1.40 bits per heavy atom. The van der Waals surface area contributed by atoms with Crippen molar-refractivity contribution in [3.05, 3.63) is 0 Å². The van der Waals surface area contributed by atoms with E-state index in [4.69, 9.17) is 0 Å². The molecule has 0 aliphatic rings. The number of rotatable bonds is 9. The molecule has 0 aliphatic heterocycles. The molecule has 0 aromatic carbocycles. The molecule has 0 unspecified atom stereocenters. The predicted molar refractivity (Wildman–Crippen MR) is 91.2 cm³/mol. The quantitative estimate of drug-likeness (QED) is 0.612. The van der Waals surface area contributed by atoms with Gasteiger partial charge in [0.15, 0.2) is 0 Å². The molecule has 0 aromatic heterocycles. The Hall–Kier alpha value is -0.610. The van der Waals surface area contributed by atoms with Gasteiger partial charge in [-0.1, -0.05) is 48.0 Å². The topological polar surface area (TPSA) is 53.2 Å². The van der Waals surface area contributed by atoms with Crippen LogP contribution in [0.1, 0.15) is 60.8 Å². The maximum atomic E-state index is 11.0. The molecule has 0 aromatic rings. The van der Waals surface area contributed by atoms with Gasteiger partial charge in [-0.15, -0.1) is 0 Å². The van der Waals surface area contributed by atoms with E-state index in [1.807, 2.05) is 7.05 Å². The summed E-state index contributed by atoms with van der Waals surface area (Å²) < 4.78 is 0. The highest BCUT2D eigenvalue weighted by Gasteiger charge is 2.05. The normalized spacial score (nSPS) is 9.80. The number of amides is 1. The van der Waals surface area contributed by atoms with Gasteiger partial charge in [0, 0.05) is 6.04 Å². The van der Waals surface area contributed by atoms with Crippen molar-refractivity contribution in [3.63, 3.8) is 0 Å². The van der Waals surface area contributed by atoms with Crippen LogP contribution < -0.4 is 16.0 Å². The van der Waals surface area contributed by atoms with Crippen LogP contribution in [0.2, 0.25) is 0 Å². The third-order valence-electron chi connectivity index (χ3n) is 3.34. The van der Waals surface area contributed by atoms with Crippen LogP contribution in [0.25, 0.3) is 0 Å². The predicted octanol–water partition coefficient (Wildman–Crippen LogP) is 2.79. The van der Waals surface area contributed by atoms with Gasteiger partial charge in [0.25, 0.3) is 0 Å². The summed E-state index contributed by atoms with van der Waals surface area (Å²) in [6.07, 6.45) is 4.62. The van der Waals surface area contributed by atoms with Crippen LogP contribution >= 0.6 is 0 Å². The van der Waals surface area contributed by atoms with Gasteiger partial charge in [-0.3, -0.25) is 4.79 Å². The lowest BCUT2D eigenvalue weighted by atomic mass is 10.0. The second-order valence-electron chi connectivity index (χ2n) is 4.85. The number of hydrogen-bond acceptors (Lipinski definition) is 3. The van der Waals surface area contributed by atoms with Crippen molar-refractivity contribution in [3.8, 4) is 0 Å². The van der Waals surface area contributed by atoms with Gasteiger partial charge in [-0.05, 0) is 39.4 Å². The lowest BCUT2D eigenvalue weighted by molar-refractivity contribution is -0.120. The summed E-state index contributed by atoms with van der Waals surface area (Å²) in [4.78, 5) is 11.0. The molecule has 0 spiro atoms. The van der Waals surface area contributed by atoms with E-state index in [0.717, 1.165) is 18.8 Å². The number of likely N-dealkylation sites (N-methyl/N-ethyl adjacent to an activating group) is 1. The molecule has 0 fully saturated rings. The van der Waals surface area contributed by atoms with Crippen molar-refractivity contribution >= 4 is 5.91 Å². The molecule has 4 heteroatoms. The zero-order chi connectivity index (χ0) is 15.1. The largest absolute Gasteiger partial charge is 0.352 e. The Labute approximate surface area is 127 Å². The first-order valence-corrected chi connectivity index (χ1v) is 7.67. The molecule has 4 nitrogen and oxygen atoms in total. The smallest absolute Gasteiger partial charge is 0.234 e. The molecular formula is C16H39N3O. The van der Waals surface area contributed by atoms with Gasteiger partial charge in [0.05, 0.1) is 6.54 Å². The van der Waals surface area contributed by atoms with Crippen LogP contribution in [0.3, 0.4) is 0 Å². The monoisotopic (exact) mass is 289 g/mol. The maximum Gasteiger partial charge on any atom is 0.234 e. The van der Waals surface area contributed by atoms with Crippen molar-refractivity contribution in [2.75, 3.05) is 27.2 Å². The number of carbonyl (C=O) groups excluding carboxylic acids is 1. The van der Waals surface area contributed by atoms with Gasteiger partial charge >= 0.3 is 0 Å². The van der Waals surface area contributed by atoms with Crippen molar-refractivity contribution in [1.82, 2.24) is 16.0 Å². The van der Waals surface area contributed by atoms with E-state index in [2.05, 4.69) is 43.6 Å². The summed E-state index contributed by atoms with van der Waals surface area (Å²) in [5.74, 6) is 0.973. The zero-order valence-electron chi connectivity index (χ0n) is 13.8. The van der Waals surface area contributed by atoms with Gasteiger partial charge < -0.3 is 16.0 Å². The van der Waals surface area contributed by atoms with E-state index < -0.39 is 0 Å². The van der Waals surface area contributed by atoms with E-state index in [-0.39, 0.29) is 13.3 Å². The molecule has 0 aliphatic carbocycles. The van der Waals surface area contributed by atoms with Gasteiger partial charge in [-0.2, -0.15) is 0 Å². The van der Waals surface area contributed by atoms with Crippen LogP contribution in [-0.4, -0.2) is 39.1 Å². The van der Waals surface area contributed by atoms with Crippen LogP contribution in [0.15, 0.2) is 0 Å². The van der Waals surface area contributed by atoms with Crippen LogP contribution in [0.4, 0.5) is 0 Å². The molecule has 0 saturated heterocycles. The molecule has 3 N–H and O–H groups in total. The third-order valence-corrected chi connectivity index (χ3v) is 3.34. The lowest BCUT2D eigenvalue weighted by Gasteiger charge is -2.13. The van der Waals surface area contributed by atoms with E-state index in [0.29, 0.717) is 12.6 Å². The molecule has 124 valence electrons. The number of hydrogen-bond donors (Lipinski definition) is 3. The highest BCUT2D eigenvalue weighted by Crippen LogP contribution is 2.03. The first-order chi connectivity index (χ1) is 9.09. The van der Waals surface area contributed by atoms with Crippen molar-refractivity contribution in [2.24, 2.45) is 5.92 Å². The lowest BCUT2D eigenvalue weighted by Crippen LogP contribution is -2.38. The van der Waals surface area contributed by atoms with E-state index in [1.165, 1.54) is 19.4 Å². The van der Waals surface area contributed by atoms with Gasteiger partial charge in [0.2, 0.25) is 5.91 Å². The summed E-state index contributed by atoms with van der Waals surface area (Å²) >= 11 is 0. The van der Waals surface area contributed by atoms with Crippen molar-refractivity contribution in [1.29, 1.82) is 0 Å². The van der Waals surface area contributed by atoms with E-state index >= 15 is 0 Å². The second kappa shape index (κ2) is 18.4. The standard InChI is InChI=1S/C8H18N2O.C7H17N.CH4/c1-4-7(5-2)10-8(11)6-9-3;1-4-7(5-2)6-8-3;/h7,9H,4-6H2,1-3H3,(H,10,11);7-8H,4-6H2,1-3H3;1H4. The van der Waals surface area contributed by atoms with Crippen molar-refractivity contribution < 1.29 is 4.79 Å². The summed E-state index contributed by atoms with van der Waals surface area (Å²) in [7, 11) is 3.78. The van der Waals surface area contributed by atoms with Crippen LogP contribution in [-0.2, 0) is 4.79 Å². The highest BCUT2D eigenvalue weighted by atomic mass is 16.1. The molecule has 0 rings (SSSR count). The third kappa shape index (κ3) is 15.4. The maximum absolute atomic E-state index is 11.0. The average Bonchev–Trinajstić information content (AvgIpc) is 2.43. The number of nitrogens with one attached hydrogen (secondary N) is 3. The Morgan fingerprint density at radius 1 is 0.900 bits per heavy atom. The van der Waals surface area contributed by atoms with Gasteiger partial charge in [0.1, 0.15) is 0 Å². The Morgan fingerprint density at radius 3 is 1.65 bits per heavy atom. The minimum Gasteiger partial charge on any atom is -0.352 e. The van der Waals surface area contributed by atoms with E-state index in [1.54, 1.807) is 7.05 Å². The molecule has 0 atom stereocenters. The molecule has 1 amide bonds. The molecule has 0 saturated carbocycles. The summed E-state index contributed by atoms with van der Waals surface area (Å²) in [6, 6.07) is 0.343. The highest BCUT2D eigenvalue weighted by molar-refractivity contribution is 5.78. The Kier molecular flexibility index (Phi) is 22.4. The summed E-state index contributed by atoms with van der Waals surface area (Å²) in [5.41, 5.74) is 0. The fourth-order valence-corrected chi connectivity index (χ4v) is 1.80. The first kappa shape index (κ1) is 24.4. The molecule has 0 heterocycles. The second-order valence-corrected chi connectivity index (χ2v) is 4.85. The first-order valence-electron chi connectivity index (χ1n) is 7.67. The number of carbonyl (C=O) groups is 1. The van der Waals surface area contributed by atoms with Crippen LogP contribution in [0, 0.1) is 5.92 Å². The Bertz CT molecular complexity index is 190. The minimum absolute atomic E-state index is 0. The molecule has 0 radical (unpaired) electrons. The molecule has 0 bridgehead atoms. The average molecular weight is 290 g/mol. The SMILES string of the molecule is C.CCC(CC)CNC.CCC(CC)NC(=O)CNC. The fraction of sp³-hybridized carbons (Fsp3) is 0.938. The van der Waals surface area contributed by atoms with Crippen molar-refractivity contribution in [2.45, 2.75) is 66.8 Å². The molecule has 20 heavy (non-hydrogen) atoms.